The van der Waals surface area contributed by atoms with Crippen LogP contribution < -0.4 is 10.6 Å². The average molecular weight is 340 g/mol. The van der Waals surface area contributed by atoms with Gasteiger partial charge in [0.15, 0.2) is 5.96 Å². The van der Waals surface area contributed by atoms with Gasteiger partial charge in [-0.3, -0.25) is 9.89 Å². The second-order valence-corrected chi connectivity index (χ2v) is 6.88. The Morgan fingerprint density at radius 2 is 1.96 bits per heavy atom. The third-order valence-corrected chi connectivity index (χ3v) is 4.98. The van der Waals surface area contributed by atoms with Crippen molar-refractivity contribution in [2.75, 3.05) is 65.6 Å². The summed E-state index contributed by atoms with van der Waals surface area (Å²) in [6.07, 6.45) is 5.26. The van der Waals surface area contributed by atoms with Gasteiger partial charge in [-0.25, -0.2) is 0 Å². The van der Waals surface area contributed by atoms with E-state index in [1.165, 1.54) is 32.4 Å². The molecule has 2 rings (SSSR count). The molecule has 6 heteroatoms. The molecule has 2 aliphatic rings. The molecule has 2 aliphatic heterocycles. The topological polar surface area (TPSA) is 52.1 Å². The molecule has 0 aromatic carbocycles. The van der Waals surface area contributed by atoms with Crippen LogP contribution in [-0.4, -0.2) is 87.4 Å². The fourth-order valence-corrected chi connectivity index (χ4v) is 3.45. The van der Waals surface area contributed by atoms with Crippen LogP contribution in [0.2, 0.25) is 0 Å². The van der Waals surface area contributed by atoms with Crippen LogP contribution in [0.1, 0.15) is 39.5 Å². The highest BCUT2D eigenvalue weighted by molar-refractivity contribution is 5.79. The van der Waals surface area contributed by atoms with Crippen molar-refractivity contribution in [2.24, 2.45) is 4.99 Å². The zero-order valence-electron chi connectivity index (χ0n) is 15.7. The third-order valence-electron chi connectivity index (χ3n) is 4.98. The van der Waals surface area contributed by atoms with Crippen LogP contribution in [0.4, 0.5) is 0 Å². The van der Waals surface area contributed by atoms with Crippen molar-refractivity contribution >= 4 is 5.96 Å². The highest BCUT2D eigenvalue weighted by Gasteiger charge is 2.17. The van der Waals surface area contributed by atoms with E-state index < -0.39 is 0 Å². The van der Waals surface area contributed by atoms with E-state index in [-0.39, 0.29) is 0 Å². The summed E-state index contributed by atoms with van der Waals surface area (Å²) in [5.41, 5.74) is 0. The third kappa shape index (κ3) is 7.36. The molecule has 0 spiro atoms. The molecule has 2 heterocycles. The highest BCUT2D eigenvalue weighted by Crippen LogP contribution is 2.16. The lowest BCUT2D eigenvalue weighted by Crippen LogP contribution is -2.44. The number of nitrogens with zero attached hydrogens (tertiary/aromatic N) is 3. The van der Waals surface area contributed by atoms with Gasteiger partial charge in [0, 0.05) is 51.9 Å². The Balaban J connectivity index is 1.62. The molecule has 0 aromatic rings. The van der Waals surface area contributed by atoms with Gasteiger partial charge in [0.25, 0.3) is 0 Å². The first kappa shape index (κ1) is 19.5. The molecule has 2 N–H and O–H groups in total. The lowest BCUT2D eigenvalue weighted by atomic mass is 10.0. The largest absolute Gasteiger partial charge is 0.379 e. The van der Waals surface area contributed by atoms with Crippen molar-refractivity contribution in [3.8, 4) is 0 Å². The summed E-state index contributed by atoms with van der Waals surface area (Å²) in [5.74, 6) is 0.956. The van der Waals surface area contributed by atoms with Gasteiger partial charge >= 0.3 is 0 Å². The molecule has 6 nitrogen and oxygen atoms in total. The summed E-state index contributed by atoms with van der Waals surface area (Å²) in [7, 11) is 0. The Kier molecular flexibility index (Phi) is 9.46. The quantitative estimate of drug-likeness (QED) is 0.395. The minimum atomic E-state index is 0.752. The monoisotopic (exact) mass is 339 g/mol. The number of piperidine rings is 1. The Labute approximate surface area is 148 Å². The van der Waals surface area contributed by atoms with Gasteiger partial charge < -0.3 is 20.3 Å². The van der Waals surface area contributed by atoms with Crippen molar-refractivity contribution in [2.45, 2.75) is 45.6 Å². The molecule has 24 heavy (non-hydrogen) atoms. The molecule has 0 aliphatic carbocycles. The molecule has 0 bridgehead atoms. The number of nitrogens with one attached hydrogen (secondary N) is 2. The SMILES string of the molecule is CCNC(=NCCCN1CCCCC1C)NCCN1CCOCC1. The van der Waals surface area contributed by atoms with Crippen LogP contribution in [0.5, 0.6) is 0 Å². The lowest BCUT2D eigenvalue weighted by molar-refractivity contribution is 0.0389. The summed E-state index contributed by atoms with van der Waals surface area (Å²) in [4.78, 5) is 9.80. The first-order valence-corrected chi connectivity index (χ1v) is 9.86. The van der Waals surface area contributed by atoms with E-state index in [0.29, 0.717) is 0 Å². The molecular weight excluding hydrogens is 302 g/mol. The molecule has 140 valence electrons. The number of hydrogen-bond acceptors (Lipinski definition) is 4. The molecule has 1 atom stereocenters. The van der Waals surface area contributed by atoms with Crippen molar-refractivity contribution in [1.29, 1.82) is 0 Å². The van der Waals surface area contributed by atoms with Gasteiger partial charge in [-0.15, -0.1) is 0 Å². The summed E-state index contributed by atoms with van der Waals surface area (Å²) in [5, 5.41) is 6.81. The number of guanidine groups is 1. The van der Waals surface area contributed by atoms with Crippen LogP contribution in [0, 0.1) is 0 Å². The van der Waals surface area contributed by atoms with Crippen LogP contribution >= 0.6 is 0 Å². The van der Waals surface area contributed by atoms with Crippen molar-refractivity contribution < 1.29 is 4.74 Å². The highest BCUT2D eigenvalue weighted by atomic mass is 16.5. The van der Waals surface area contributed by atoms with Crippen molar-refractivity contribution in [1.82, 2.24) is 20.4 Å². The average Bonchev–Trinajstić information content (AvgIpc) is 2.61. The molecule has 0 amide bonds. The zero-order chi connectivity index (χ0) is 17.0. The maximum Gasteiger partial charge on any atom is 0.191 e. The maximum atomic E-state index is 5.39. The van der Waals surface area contributed by atoms with Gasteiger partial charge in [0.05, 0.1) is 13.2 Å². The van der Waals surface area contributed by atoms with Gasteiger partial charge in [-0.1, -0.05) is 6.42 Å². The van der Waals surface area contributed by atoms with Gasteiger partial charge in [-0.2, -0.15) is 0 Å². The molecule has 0 saturated carbocycles. The van der Waals surface area contributed by atoms with Crippen LogP contribution in [0.25, 0.3) is 0 Å². The number of aliphatic imine (C=N–C) groups is 1. The Morgan fingerprint density at radius 1 is 1.12 bits per heavy atom. The minimum absolute atomic E-state index is 0.752. The van der Waals surface area contributed by atoms with Crippen molar-refractivity contribution in [3.63, 3.8) is 0 Å². The van der Waals surface area contributed by atoms with E-state index in [9.17, 15) is 0 Å². The van der Waals surface area contributed by atoms with E-state index in [1.54, 1.807) is 0 Å². The zero-order valence-corrected chi connectivity index (χ0v) is 15.7. The number of rotatable bonds is 8. The second kappa shape index (κ2) is 11.7. The standard InChI is InChI=1S/C18H37N5O/c1-3-19-18(21-9-12-22-13-15-24-16-14-22)20-8-6-11-23-10-5-4-7-17(23)2/h17H,3-16H2,1-2H3,(H2,19,20,21). The first-order valence-electron chi connectivity index (χ1n) is 9.86. The second-order valence-electron chi connectivity index (χ2n) is 6.88. The number of morpholine rings is 1. The summed E-state index contributed by atoms with van der Waals surface area (Å²) >= 11 is 0. The predicted molar refractivity (Wildman–Crippen MR) is 101 cm³/mol. The lowest BCUT2D eigenvalue weighted by Gasteiger charge is -2.33. The number of likely N-dealkylation sites (tertiary alicyclic amines) is 1. The summed E-state index contributed by atoms with van der Waals surface area (Å²) < 4.78 is 5.39. The molecule has 0 aromatic heterocycles. The fourth-order valence-electron chi connectivity index (χ4n) is 3.45. The minimum Gasteiger partial charge on any atom is -0.379 e. The molecule has 2 saturated heterocycles. The van der Waals surface area contributed by atoms with E-state index in [4.69, 9.17) is 9.73 Å². The Hall–Kier alpha value is -0.850. The number of hydrogen-bond donors (Lipinski definition) is 2. The Bertz CT molecular complexity index is 357. The predicted octanol–water partition coefficient (Wildman–Crippen LogP) is 1.14. The summed E-state index contributed by atoms with van der Waals surface area (Å²) in [6, 6.07) is 0.752. The Morgan fingerprint density at radius 3 is 2.71 bits per heavy atom. The smallest absolute Gasteiger partial charge is 0.191 e. The normalized spacial score (nSPS) is 24.1. The van der Waals surface area contributed by atoms with Crippen LogP contribution in [-0.2, 0) is 4.74 Å². The maximum absolute atomic E-state index is 5.39. The van der Waals surface area contributed by atoms with E-state index in [2.05, 4.69) is 34.3 Å². The fraction of sp³-hybridized carbons (Fsp3) is 0.944. The van der Waals surface area contributed by atoms with Crippen LogP contribution in [0.15, 0.2) is 4.99 Å². The van der Waals surface area contributed by atoms with E-state index in [0.717, 1.165) is 70.9 Å². The van der Waals surface area contributed by atoms with Gasteiger partial charge in [0.2, 0.25) is 0 Å². The van der Waals surface area contributed by atoms with Crippen molar-refractivity contribution in [3.05, 3.63) is 0 Å². The van der Waals surface area contributed by atoms with E-state index >= 15 is 0 Å². The first-order chi connectivity index (χ1) is 11.8. The van der Waals surface area contributed by atoms with E-state index in [1.807, 2.05) is 0 Å². The molecule has 2 fully saturated rings. The number of ether oxygens (including phenoxy) is 1. The van der Waals surface area contributed by atoms with Gasteiger partial charge in [0.1, 0.15) is 0 Å². The molecule has 1 unspecified atom stereocenters. The summed E-state index contributed by atoms with van der Waals surface area (Å²) in [6.45, 7) is 14.5. The van der Waals surface area contributed by atoms with Crippen LogP contribution in [0.3, 0.4) is 0 Å². The molecule has 0 radical (unpaired) electrons. The molecular formula is C18H37N5O. The van der Waals surface area contributed by atoms with Gasteiger partial charge in [-0.05, 0) is 39.7 Å².